The van der Waals surface area contributed by atoms with Crippen molar-refractivity contribution in [1.29, 1.82) is 0 Å². The number of rotatable bonds is 5. The Labute approximate surface area is 125 Å². The topological polar surface area (TPSA) is 75.1 Å². The van der Waals surface area contributed by atoms with Gasteiger partial charge in [0.25, 0.3) is 0 Å². The van der Waals surface area contributed by atoms with Crippen LogP contribution in [0.3, 0.4) is 0 Å². The minimum Gasteiger partial charge on any atom is -0.475 e. The number of aromatic nitrogens is 2. The molecule has 2 heterocycles. The molecule has 0 atom stereocenters. The lowest BCUT2D eigenvalue weighted by Crippen LogP contribution is -2.11. The first-order valence-electron chi connectivity index (χ1n) is 6.49. The molecule has 2 N–H and O–H groups in total. The van der Waals surface area contributed by atoms with Crippen LogP contribution in [0.4, 0.5) is 5.82 Å². The molecule has 0 aliphatic rings. The van der Waals surface area contributed by atoms with Gasteiger partial charge in [-0.1, -0.05) is 12.1 Å². The zero-order valence-electron chi connectivity index (χ0n) is 11.1. The van der Waals surface area contributed by atoms with E-state index in [1.807, 2.05) is 23.6 Å². The Kier molecular flexibility index (Phi) is 3.79. The van der Waals surface area contributed by atoms with Crippen LogP contribution < -0.4 is 5.32 Å². The van der Waals surface area contributed by atoms with E-state index >= 15 is 0 Å². The third-order valence-corrected chi connectivity index (χ3v) is 3.81. The van der Waals surface area contributed by atoms with Crippen molar-refractivity contribution in [2.75, 3.05) is 11.9 Å². The first-order chi connectivity index (χ1) is 10.2. The molecule has 3 rings (SSSR count). The van der Waals surface area contributed by atoms with Gasteiger partial charge in [-0.2, -0.15) is 11.3 Å². The van der Waals surface area contributed by atoms with Crippen molar-refractivity contribution in [2.45, 2.75) is 6.42 Å². The minimum absolute atomic E-state index is 0.188. The van der Waals surface area contributed by atoms with Gasteiger partial charge in [-0.3, -0.25) is 0 Å². The highest BCUT2D eigenvalue weighted by atomic mass is 32.1. The van der Waals surface area contributed by atoms with Crippen LogP contribution in [-0.2, 0) is 6.42 Å². The quantitative estimate of drug-likeness (QED) is 0.757. The van der Waals surface area contributed by atoms with Crippen LogP contribution in [-0.4, -0.2) is 27.6 Å². The van der Waals surface area contributed by atoms with Crippen LogP contribution in [0.15, 0.2) is 41.1 Å². The summed E-state index contributed by atoms with van der Waals surface area (Å²) in [4.78, 5) is 19.3. The summed E-state index contributed by atoms with van der Waals surface area (Å²) in [5.74, 6) is -0.749. The van der Waals surface area contributed by atoms with E-state index in [4.69, 9.17) is 5.11 Å². The first-order valence-corrected chi connectivity index (χ1v) is 7.43. The normalized spacial score (nSPS) is 10.7. The van der Waals surface area contributed by atoms with Gasteiger partial charge in [-0.25, -0.2) is 14.8 Å². The number of carbonyl (C=O) groups is 1. The molecule has 0 saturated carbocycles. The van der Waals surface area contributed by atoms with Crippen molar-refractivity contribution in [2.24, 2.45) is 0 Å². The van der Waals surface area contributed by atoms with Gasteiger partial charge in [0, 0.05) is 11.9 Å². The number of hydrogen-bond donors (Lipinski definition) is 2. The van der Waals surface area contributed by atoms with E-state index in [-0.39, 0.29) is 5.82 Å². The van der Waals surface area contributed by atoms with Gasteiger partial charge in [-0.15, -0.1) is 0 Å². The van der Waals surface area contributed by atoms with Crippen LogP contribution in [0.25, 0.3) is 10.9 Å². The Hall–Kier alpha value is -2.47. The second kappa shape index (κ2) is 5.88. The molecular weight excluding hydrogens is 286 g/mol. The fourth-order valence-corrected chi connectivity index (χ4v) is 2.77. The second-order valence-electron chi connectivity index (χ2n) is 4.53. The number of thiophene rings is 1. The Balaban J connectivity index is 1.87. The molecular formula is C15H13N3O2S. The molecule has 3 aromatic rings. The fraction of sp³-hybridized carbons (Fsp3) is 0.133. The number of nitrogens with zero attached hydrogens (tertiary/aromatic N) is 2. The number of hydrogen-bond acceptors (Lipinski definition) is 5. The number of anilines is 1. The molecule has 0 fully saturated rings. The van der Waals surface area contributed by atoms with Gasteiger partial charge >= 0.3 is 5.97 Å². The summed E-state index contributed by atoms with van der Waals surface area (Å²) in [6.07, 6.45) is 0.865. The zero-order valence-corrected chi connectivity index (χ0v) is 11.9. The fourth-order valence-electron chi connectivity index (χ4n) is 2.07. The highest BCUT2D eigenvalue weighted by molar-refractivity contribution is 7.07. The van der Waals surface area contributed by atoms with E-state index in [0.717, 1.165) is 11.8 Å². The molecule has 0 unspecified atom stereocenters. The Morgan fingerprint density at radius 1 is 1.24 bits per heavy atom. The summed E-state index contributed by atoms with van der Waals surface area (Å²) in [5.41, 5.74) is 1.88. The maximum Gasteiger partial charge on any atom is 0.374 e. The Bertz CT molecular complexity index is 772. The van der Waals surface area contributed by atoms with Gasteiger partial charge in [0.05, 0.1) is 5.52 Å². The molecule has 0 bridgehead atoms. The van der Waals surface area contributed by atoms with E-state index < -0.39 is 5.97 Å². The van der Waals surface area contributed by atoms with Crippen LogP contribution in [0.2, 0.25) is 0 Å². The molecule has 0 amide bonds. The summed E-state index contributed by atoms with van der Waals surface area (Å²) in [5, 5.41) is 17.3. The highest BCUT2D eigenvalue weighted by Gasteiger charge is 2.12. The second-order valence-corrected chi connectivity index (χ2v) is 5.31. The lowest BCUT2D eigenvalue weighted by Gasteiger charge is -2.09. The number of nitrogens with one attached hydrogen (secondary N) is 1. The third-order valence-electron chi connectivity index (χ3n) is 3.08. The number of carboxylic acids is 1. The molecule has 106 valence electrons. The van der Waals surface area contributed by atoms with Gasteiger partial charge in [-0.05, 0) is 40.9 Å². The predicted molar refractivity (Wildman–Crippen MR) is 83.0 cm³/mol. The molecule has 2 aromatic heterocycles. The summed E-state index contributed by atoms with van der Waals surface area (Å²) in [6.45, 7) is 0.691. The van der Waals surface area contributed by atoms with Crippen LogP contribution >= 0.6 is 11.3 Å². The van der Waals surface area contributed by atoms with Gasteiger partial charge in [0.2, 0.25) is 5.82 Å². The molecule has 0 aliphatic carbocycles. The van der Waals surface area contributed by atoms with Crippen molar-refractivity contribution in [3.05, 3.63) is 52.5 Å². The third kappa shape index (κ3) is 3.00. The lowest BCUT2D eigenvalue weighted by atomic mass is 10.2. The zero-order chi connectivity index (χ0) is 14.7. The molecule has 1 aromatic carbocycles. The molecule has 5 nitrogen and oxygen atoms in total. The predicted octanol–water partition coefficient (Wildman–Crippen LogP) is 3.04. The highest BCUT2D eigenvalue weighted by Crippen LogP contribution is 2.20. The van der Waals surface area contributed by atoms with E-state index in [1.54, 1.807) is 17.4 Å². The van der Waals surface area contributed by atoms with Crippen LogP contribution in [0.1, 0.15) is 16.2 Å². The van der Waals surface area contributed by atoms with Crippen molar-refractivity contribution in [3.63, 3.8) is 0 Å². The smallest absolute Gasteiger partial charge is 0.374 e. The average molecular weight is 299 g/mol. The van der Waals surface area contributed by atoms with Crippen molar-refractivity contribution >= 4 is 34.0 Å². The average Bonchev–Trinajstić information content (AvgIpc) is 3.00. The number of fused-ring (bicyclic) bond motifs is 1. The van der Waals surface area contributed by atoms with Gasteiger partial charge in [0.1, 0.15) is 5.82 Å². The molecule has 0 aliphatic heterocycles. The van der Waals surface area contributed by atoms with Crippen LogP contribution in [0.5, 0.6) is 0 Å². The first kappa shape index (κ1) is 13.5. The molecule has 0 radical (unpaired) electrons. The minimum atomic E-state index is -1.12. The Morgan fingerprint density at radius 2 is 2.10 bits per heavy atom. The Morgan fingerprint density at radius 3 is 2.86 bits per heavy atom. The largest absolute Gasteiger partial charge is 0.475 e. The van der Waals surface area contributed by atoms with Crippen molar-refractivity contribution in [1.82, 2.24) is 9.97 Å². The lowest BCUT2D eigenvalue weighted by molar-refractivity contribution is 0.0684. The maximum atomic E-state index is 11.1. The van der Waals surface area contributed by atoms with Crippen molar-refractivity contribution < 1.29 is 9.90 Å². The van der Waals surface area contributed by atoms with Crippen LogP contribution in [0, 0.1) is 0 Å². The van der Waals surface area contributed by atoms with E-state index in [9.17, 15) is 4.79 Å². The number of carboxylic acid groups (broad SMARTS) is 1. The van der Waals surface area contributed by atoms with Crippen molar-refractivity contribution in [3.8, 4) is 0 Å². The maximum absolute atomic E-state index is 11.1. The SMILES string of the molecule is O=C(O)c1nc(NCCc2ccsc2)c2ccccc2n1. The van der Waals surface area contributed by atoms with E-state index in [2.05, 4.69) is 26.7 Å². The molecule has 0 saturated heterocycles. The van der Waals surface area contributed by atoms with E-state index in [1.165, 1.54) is 5.56 Å². The molecule has 21 heavy (non-hydrogen) atoms. The monoisotopic (exact) mass is 299 g/mol. The molecule has 6 heteroatoms. The summed E-state index contributed by atoms with van der Waals surface area (Å²) < 4.78 is 0. The van der Waals surface area contributed by atoms with Gasteiger partial charge < -0.3 is 10.4 Å². The standard InChI is InChI=1S/C15H13N3O2S/c19-15(20)14-17-12-4-2-1-3-11(12)13(18-14)16-7-5-10-6-8-21-9-10/h1-4,6,8-9H,5,7H2,(H,19,20)(H,16,17,18). The molecule has 0 spiro atoms. The summed E-state index contributed by atoms with van der Waals surface area (Å²) in [6, 6.07) is 9.46. The van der Waals surface area contributed by atoms with E-state index in [0.29, 0.717) is 17.9 Å². The number of para-hydroxylation sites is 1. The number of benzene rings is 1. The summed E-state index contributed by atoms with van der Waals surface area (Å²) in [7, 11) is 0. The number of aromatic carboxylic acids is 1. The summed E-state index contributed by atoms with van der Waals surface area (Å²) >= 11 is 1.66. The van der Waals surface area contributed by atoms with Gasteiger partial charge in [0.15, 0.2) is 0 Å².